The molecule has 1 aliphatic heterocycles. The fraction of sp³-hybridized carbons (Fsp3) is 0.600. The lowest BCUT2D eigenvalue weighted by molar-refractivity contribution is -0.00577. The Labute approximate surface area is 114 Å². The minimum Gasteiger partial charge on any atom is -0.390 e. The van der Waals surface area contributed by atoms with Crippen LogP contribution in [0.15, 0.2) is 24.3 Å². The van der Waals surface area contributed by atoms with Crippen molar-refractivity contribution in [1.82, 2.24) is 4.90 Å². The van der Waals surface area contributed by atoms with Crippen molar-refractivity contribution in [1.29, 1.82) is 0 Å². The number of hydrogen-bond donors (Lipinski definition) is 2. The van der Waals surface area contributed by atoms with Gasteiger partial charge in [-0.1, -0.05) is 18.2 Å². The van der Waals surface area contributed by atoms with Crippen molar-refractivity contribution in [3.05, 3.63) is 35.6 Å². The lowest BCUT2D eigenvalue weighted by atomic mass is 9.93. The molecular formula is C15H23FN2O. The van der Waals surface area contributed by atoms with Crippen LogP contribution in [0.25, 0.3) is 0 Å². The first-order valence-corrected chi connectivity index (χ1v) is 6.93. The third-order valence-electron chi connectivity index (χ3n) is 3.99. The predicted molar refractivity (Wildman–Crippen MR) is 74.2 cm³/mol. The van der Waals surface area contributed by atoms with E-state index in [0.717, 1.165) is 38.9 Å². The van der Waals surface area contributed by atoms with Crippen LogP contribution < -0.4 is 5.73 Å². The van der Waals surface area contributed by atoms with Gasteiger partial charge in [-0.2, -0.15) is 0 Å². The average molecular weight is 266 g/mol. The van der Waals surface area contributed by atoms with Gasteiger partial charge in [-0.25, -0.2) is 4.39 Å². The number of benzene rings is 1. The molecule has 19 heavy (non-hydrogen) atoms. The summed E-state index contributed by atoms with van der Waals surface area (Å²) in [7, 11) is 0. The zero-order valence-corrected chi connectivity index (χ0v) is 11.5. The molecule has 0 spiro atoms. The molecule has 0 saturated carbocycles. The highest BCUT2D eigenvalue weighted by molar-refractivity contribution is 5.20. The number of nitrogens with two attached hydrogens (primary N) is 1. The van der Waals surface area contributed by atoms with E-state index in [0.29, 0.717) is 5.56 Å². The summed E-state index contributed by atoms with van der Waals surface area (Å²) >= 11 is 0. The molecule has 0 radical (unpaired) electrons. The summed E-state index contributed by atoms with van der Waals surface area (Å²) < 4.78 is 13.6. The van der Waals surface area contributed by atoms with Gasteiger partial charge in [-0.05, 0) is 38.8 Å². The van der Waals surface area contributed by atoms with Crippen molar-refractivity contribution in [3.63, 3.8) is 0 Å². The first-order valence-electron chi connectivity index (χ1n) is 6.93. The SMILES string of the molecule is CC1(O)CCN(CCC(N)c2ccccc2F)CC1. The Morgan fingerprint density at radius 3 is 2.63 bits per heavy atom. The van der Waals surface area contributed by atoms with Gasteiger partial charge < -0.3 is 15.7 Å². The van der Waals surface area contributed by atoms with E-state index < -0.39 is 5.60 Å². The third kappa shape index (κ3) is 4.00. The van der Waals surface area contributed by atoms with E-state index >= 15 is 0 Å². The Balaban J connectivity index is 1.82. The molecule has 0 amide bonds. The van der Waals surface area contributed by atoms with Gasteiger partial charge in [0, 0.05) is 24.7 Å². The normalized spacial score (nSPS) is 21.3. The molecule has 1 aromatic rings. The Hall–Kier alpha value is -0.970. The Morgan fingerprint density at radius 1 is 1.37 bits per heavy atom. The molecule has 3 nitrogen and oxygen atoms in total. The van der Waals surface area contributed by atoms with Crippen LogP contribution in [0.4, 0.5) is 4.39 Å². The quantitative estimate of drug-likeness (QED) is 0.877. The number of rotatable bonds is 4. The summed E-state index contributed by atoms with van der Waals surface area (Å²) in [5.41, 5.74) is 6.12. The average Bonchev–Trinajstić information content (AvgIpc) is 2.38. The van der Waals surface area contributed by atoms with Crippen LogP contribution >= 0.6 is 0 Å². The maximum atomic E-state index is 13.6. The molecule has 0 bridgehead atoms. The second-order valence-corrected chi connectivity index (χ2v) is 5.76. The van der Waals surface area contributed by atoms with Gasteiger partial charge in [0.1, 0.15) is 5.82 Å². The lowest BCUT2D eigenvalue weighted by Crippen LogP contribution is -2.43. The number of piperidine rings is 1. The second kappa shape index (κ2) is 5.99. The van der Waals surface area contributed by atoms with Gasteiger partial charge in [0.05, 0.1) is 5.60 Å². The van der Waals surface area contributed by atoms with E-state index in [1.807, 2.05) is 13.0 Å². The highest BCUT2D eigenvalue weighted by Crippen LogP contribution is 2.23. The number of nitrogens with zero attached hydrogens (tertiary/aromatic N) is 1. The summed E-state index contributed by atoms with van der Waals surface area (Å²) in [5, 5.41) is 9.88. The van der Waals surface area contributed by atoms with Crippen molar-refractivity contribution in [2.24, 2.45) is 5.73 Å². The standard InChI is InChI=1S/C15H23FN2O/c1-15(19)7-10-18(11-8-15)9-6-14(17)12-4-2-3-5-13(12)16/h2-5,14,19H,6-11,17H2,1H3. The van der Waals surface area contributed by atoms with Gasteiger partial charge in [-0.15, -0.1) is 0 Å². The van der Waals surface area contributed by atoms with Crippen molar-refractivity contribution < 1.29 is 9.50 Å². The van der Waals surface area contributed by atoms with Gasteiger partial charge >= 0.3 is 0 Å². The van der Waals surface area contributed by atoms with E-state index in [2.05, 4.69) is 4.90 Å². The van der Waals surface area contributed by atoms with Gasteiger partial charge in [0.2, 0.25) is 0 Å². The van der Waals surface area contributed by atoms with Crippen LogP contribution in [0.3, 0.4) is 0 Å². The number of aliphatic hydroxyl groups is 1. The van der Waals surface area contributed by atoms with Crippen molar-refractivity contribution in [3.8, 4) is 0 Å². The minimum absolute atomic E-state index is 0.225. The molecule has 1 fully saturated rings. The molecule has 0 aromatic heterocycles. The summed E-state index contributed by atoms with van der Waals surface area (Å²) in [4.78, 5) is 2.29. The maximum Gasteiger partial charge on any atom is 0.127 e. The zero-order chi connectivity index (χ0) is 13.9. The third-order valence-corrected chi connectivity index (χ3v) is 3.99. The molecule has 1 aromatic carbocycles. The molecule has 3 N–H and O–H groups in total. The van der Waals surface area contributed by atoms with Crippen molar-refractivity contribution >= 4 is 0 Å². The largest absolute Gasteiger partial charge is 0.390 e. The monoisotopic (exact) mass is 266 g/mol. The van der Waals surface area contributed by atoms with E-state index in [1.54, 1.807) is 12.1 Å². The van der Waals surface area contributed by atoms with Crippen LogP contribution in [0.2, 0.25) is 0 Å². The Bertz CT molecular complexity index is 412. The molecule has 106 valence electrons. The smallest absolute Gasteiger partial charge is 0.127 e. The predicted octanol–water partition coefficient (Wildman–Crippen LogP) is 2.06. The molecule has 1 heterocycles. The molecular weight excluding hydrogens is 243 g/mol. The molecule has 1 unspecified atom stereocenters. The summed E-state index contributed by atoms with van der Waals surface area (Å²) in [6, 6.07) is 6.44. The van der Waals surface area contributed by atoms with Gasteiger partial charge in [-0.3, -0.25) is 0 Å². The molecule has 1 saturated heterocycles. The van der Waals surface area contributed by atoms with Gasteiger partial charge in [0.25, 0.3) is 0 Å². The van der Waals surface area contributed by atoms with Crippen LogP contribution in [0.1, 0.15) is 37.8 Å². The fourth-order valence-corrected chi connectivity index (χ4v) is 2.51. The second-order valence-electron chi connectivity index (χ2n) is 5.76. The summed E-state index contributed by atoms with van der Waals surface area (Å²) in [6.45, 7) is 4.51. The van der Waals surface area contributed by atoms with E-state index in [1.165, 1.54) is 6.07 Å². The zero-order valence-electron chi connectivity index (χ0n) is 11.5. The molecule has 4 heteroatoms. The van der Waals surface area contributed by atoms with Gasteiger partial charge in [0.15, 0.2) is 0 Å². The van der Waals surface area contributed by atoms with Crippen molar-refractivity contribution in [2.75, 3.05) is 19.6 Å². The minimum atomic E-state index is -0.524. The Morgan fingerprint density at radius 2 is 2.00 bits per heavy atom. The van der Waals surface area contributed by atoms with Crippen LogP contribution in [0, 0.1) is 5.82 Å². The first kappa shape index (κ1) is 14.4. The highest BCUT2D eigenvalue weighted by atomic mass is 19.1. The number of halogens is 1. The number of likely N-dealkylation sites (tertiary alicyclic amines) is 1. The molecule has 1 aliphatic rings. The molecule has 0 aliphatic carbocycles. The summed E-state index contributed by atoms with van der Waals surface area (Å²) in [5.74, 6) is -0.225. The van der Waals surface area contributed by atoms with Crippen LogP contribution in [-0.2, 0) is 0 Å². The molecule has 2 rings (SSSR count). The number of hydrogen-bond acceptors (Lipinski definition) is 3. The topological polar surface area (TPSA) is 49.5 Å². The van der Waals surface area contributed by atoms with Crippen molar-refractivity contribution in [2.45, 2.75) is 37.8 Å². The summed E-state index contributed by atoms with van der Waals surface area (Å²) in [6.07, 6.45) is 2.33. The first-order chi connectivity index (χ1) is 8.98. The highest BCUT2D eigenvalue weighted by Gasteiger charge is 2.27. The van der Waals surface area contributed by atoms with E-state index in [4.69, 9.17) is 5.73 Å². The lowest BCUT2D eigenvalue weighted by Gasteiger charge is -2.36. The fourth-order valence-electron chi connectivity index (χ4n) is 2.51. The maximum absolute atomic E-state index is 13.6. The van der Waals surface area contributed by atoms with E-state index in [-0.39, 0.29) is 11.9 Å². The van der Waals surface area contributed by atoms with Crippen LogP contribution in [0.5, 0.6) is 0 Å². The van der Waals surface area contributed by atoms with Crippen LogP contribution in [-0.4, -0.2) is 35.2 Å². The van der Waals surface area contributed by atoms with E-state index in [9.17, 15) is 9.50 Å². The Kier molecular flexibility index (Phi) is 4.55. The molecule has 1 atom stereocenters.